The number of rotatable bonds is 4. The number of nitrogens with two attached hydrogens (primary N) is 1. The molecule has 19 heavy (non-hydrogen) atoms. The van der Waals surface area contributed by atoms with Crippen molar-refractivity contribution < 1.29 is 8.42 Å². The van der Waals surface area contributed by atoms with Crippen LogP contribution in [-0.4, -0.2) is 47.0 Å². The molecule has 1 aliphatic heterocycles. The second kappa shape index (κ2) is 5.82. The highest BCUT2D eigenvalue weighted by Gasteiger charge is 2.33. The zero-order chi connectivity index (χ0) is 14.0. The molecule has 0 aliphatic carbocycles. The Morgan fingerprint density at radius 3 is 2.95 bits per heavy atom. The fraction of sp³-hybridized carbons (Fsp3) is 0.727. The highest BCUT2D eigenvalue weighted by Crippen LogP contribution is 2.27. The summed E-state index contributed by atoms with van der Waals surface area (Å²) in [5.41, 5.74) is 6.94. The fourth-order valence-electron chi connectivity index (χ4n) is 2.16. The number of aryl methyl sites for hydroxylation is 1. The zero-order valence-electron chi connectivity index (χ0n) is 11.2. The summed E-state index contributed by atoms with van der Waals surface area (Å²) >= 11 is 1.83. The first kappa shape index (κ1) is 14.8. The number of nitrogens with one attached hydrogen (secondary N) is 1. The van der Waals surface area contributed by atoms with Gasteiger partial charge < -0.3 is 5.73 Å². The van der Waals surface area contributed by atoms with Gasteiger partial charge in [-0.25, -0.2) is 8.42 Å². The van der Waals surface area contributed by atoms with E-state index in [1.54, 1.807) is 6.92 Å². The maximum atomic E-state index is 12.6. The highest BCUT2D eigenvalue weighted by atomic mass is 32.2. The number of aromatic amines is 1. The lowest BCUT2D eigenvalue weighted by Crippen LogP contribution is -2.42. The van der Waals surface area contributed by atoms with Crippen LogP contribution in [0.2, 0.25) is 0 Å². The molecule has 0 radical (unpaired) electrons. The molecule has 1 saturated heterocycles. The molecule has 6 nitrogen and oxygen atoms in total. The van der Waals surface area contributed by atoms with Gasteiger partial charge in [-0.15, -0.1) is 0 Å². The van der Waals surface area contributed by atoms with Gasteiger partial charge in [-0.3, -0.25) is 5.10 Å². The Labute approximate surface area is 118 Å². The SMILES string of the molecule is CCC1CN(S(=O)(=O)c2n[nH]c(C)c2CN)CCS1. The summed E-state index contributed by atoms with van der Waals surface area (Å²) in [6.45, 7) is 5.14. The van der Waals surface area contributed by atoms with Gasteiger partial charge in [0.25, 0.3) is 10.0 Å². The van der Waals surface area contributed by atoms with Gasteiger partial charge in [0, 0.05) is 41.9 Å². The summed E-state index contributed by atoms with van der Waals surface area (Å²) in [5, 5.41) is 7.12. The van der Waals surface area contributed by atoms with Crippen molar-refractivity contribution in [3.63, 3.8) is 0 Å². The second-order valence-corrected chi connectivity index (χ2v) is 7.86. The number of nitrogens with zero attached hydrogens (tertiary/aromatic N) is 2. The topological polar surface area (TPSA) is 92.1 Å². The van der Waals surface area contributed by atoms with Crippen LogP contribution in [-0.2, 0) is 16.6 Å². The summed E-state index contributed by atoms with van der Waals surface area (Å²) in [7, 11) is -3.53. The van der Waals surface area contributed by atoms with E-state index in [-0.39, 0.29) is 11.6 Å². The average Bonchev–Trinajstić information content (AvgIpc) is 2.80. The van der Waals surface area contributed by atoms with Gasteiger partial charge in [-0.2, -0.15) is 21.2 Å². The van der Waals surface area contributed by atoms with E-state index in [1.165, 1.54) is 4.31 Å². The molecule has 0 saturated carbocycles. The van der Waals surface area contributed by atoms with Crippen molar-refractivity contribution in [1.29, 1.82) is 0 Å². The number of hydrogen-bond donors (Lipinski definition) is 2. The minimum Gasteiger partial charge on any atom is -0.326 e. The summed E-state index contributed by atoms with van der Waals surface area (Å²) in [4.78, 5) is 0. The number of sulfonamides is 1. The maximum Gasteiger partial charge on any atom is 0.262 e. The molecular formula is C11H20N4O2S2. The quantitative estimate of drug-likeness (QED) is 0.854. The number of aromatic nitrogens is 2. The summed E-state index contributed by atoms with van der Waals surface area (Å²) in [5.74, 6) is 0.832. The molecular weight excluding hydrogens is 284 g/mol. The maximum absolute atomic E-state index is 12.6. The van der Waals surface area contributed by atoms with E-state index < -0.39 is 10.0 Å². The van der Waals surface area contributed by atoms with E-state index >= 15 is 0 Å². The fourth-order valence-corrected chi connectivity index (χ4v) is 5.21. The summed E-state index contributed by atoms with van der Waals surface area (Å²) < 4.78 is 26.8. The molecule has 2 heterocycles. The van der Waals surface area contributed by atoms with Crippen LogP contribution < -0.4 is 5.73 Å². The Kier molecular flexibility index (Phi) is 4.54. The molecule has 0 bridgehead atoms. The van der Waals surface area contributed by atoms with Crippen LogP contribution in [0.4, 0.5) is 0 Å². The summed E-state index contributed by atoms with van der Waals surface area (Å²) in [6.07, 6.45) is 0.972. The average molecular weight is 304 g/mol. The predicted octanol–water partition coefficient (Wildman–Crippen LogP) is 0.693. The molecule has 1 fully saturated rings. The second-order valence-electron chi connectivity index (χ2n) is 4.60. The molecule has 1 aliphatic rings. The lowest BCUT2D eigenvalue weighted by Gasteiger charge is -2.30. The highest BCUT2D eigenvalue weighted by molar-refractivity contribution is 8.00. The molecule has 1 unspecified atom stereocenters. The lowest BCUT2D eigenvalue weighted by atomic mass is 10.3. The molecule has 1 aromatic heterocycles. The number of thioether (sulfide) groups is 1. The largest absolute Gasteiger partial charge is 0.326 e. The van der Waals surface area contributed by atoms with E-state index in [0.717, 1.165) is 17.9 Å². The van der Waals surface area contributed by atoms with Crippen LogP contribution in [0.15, 0.2) is 5.03 Å². The monoisotopic (exact) mass is 304 g/mol. The first-order valence-corrected chi connectivity index (χ1v) is 8.85. The van der Waals surface area contributed by atoms with Crippen LogP contribution >= 0.6 is 11.8 Å². The van der Waals surface area contributed by atoms with Crippen LogP contribution in [0, 0.1) is 6.92 Å². The standard InChI is InChI=1S/C11H20N4O2S2/c1-3-9-7-15(4-5-18-9)19(16,17)11-10(6-12)8(2)13-14-11/h9H,3-7,12H2,1-2H3,(H,13,14). The normalized spacial score (nSPS) is 21.7. The third-order valence-corrected chi connectivity index (χ3v) is 6.59. The van der Waals surface area contributed by atoms with Gasteiger partial charge in [0.2, 0.25) is 0 Å². The zero-order valence-corrected chi connectivity index (χ0v) is 12.9. The minimum absolute atomic E-state index is 0.0919. The first-order valence-electron chi connectivity index (χ1n) is 6.36. The van der Waals surface area contributed by atoms with Crippen molar-refractivity contribution in [3.8, 4) is 0 Å². The van der Waals surface area contributed by atoms with Crippen molar-refractivity contribution in [2.75, 3.05) is 18.8 Å². The Bertz CT molecular complexity index is 541. The van der Waals surface area contributed by atoms with Crippen molar-refractivity contribution >= 4 is 21.8 Å². The van der Waals surface area contributed by atoms with Crippen molar-refractivity contribution in [2.24, 2.45) is 5.73 Å². The van der Waals surface area contributed by atoms with E-state index in [4.69, 9.17) is 5.73 Å². The third kappa shape index (κ3) is 2.81. The van der Waals surface area contributed by atoms with Gasteiger partial charge >= 0.3 is 0 Å². The Hall–Kier alpha value is -0.570. The molecule has 1 aromatic rings. The van der Waals surface area contributed by atoms with Crippen LogP contribution in [0.1, 0.15) is 24.6 Å². The molecule has 2 rings (SSSR count). The Morgan fingerprint density at radius 1 is 1.58 bits per heavy atom. The number of hydrogen-bond acceptors (Lipinski definition) is 5. The molecule has 0 aromatic carbocycles. The van der Waals surface area contributed by atoms with E-state index in [1.807, 2.05) is 11.8 Å². The third-order valence-electron chi connectivity index (χ3n) is 3.38. The Balaban J connectivity index is 2.31. The van der Waals surface area contributed by atoms with Gasteiger partial charge in [-0.05, 0) is 13.3 Å². The van der Waals surface area contributed by atoms with Crippen molar-refractivity contribution in [2.45, 2.75) is 37.1 Å². The summed E-state index contributed by atoms with van der Waals surface area (Å²) in [6, 6.07) is 0. The van der Waals surface area contributed by atoms with E-state index in [2.05, 4.69) is 17.1 Å². The van der Waals surface area contributed by atoms with Crippen molar-refractivity contribution in [3.05, 3.63) is 11.3 Å². The molecule has 0 amide bonds. The first-order chi connectivity index (χ1) is 9.00. The van der Waals surface area contributed by atoms with Gasteiger partial charge in [0.05, 0.1) is 0 Å². The molecule has 1 atom stereocenters. The van der Waals surface area contributed by atoms with Crippen LogP contribution in [0.5, 0.6) is 0 Å². The smallest absolute Gasteiger partial charge is 0.262 e. The lowest BCUT2D eigenvalue weighted by molar-refractivity contribution is 0.413. The molecule has 8 heteroatoms. The van der Waals surface area contributed by atoms with E-state index in [9.17, 15) is 8.42 Å². The molecule has 3 N–H and O–H groups in total. The van der Waals surface area contributed by atoms with E-state index in [0.29, 0.717) is 23.9 Å². The van der Waals surface area contributed by atoms with Crippen LogP contribution in [0.25, 0.3) is 0 Å². The molecule has 0 spiro atoms. The van der Waals surface area contributed by atoms with Gasteiger partial charge in [0.1, 0.15) is 0 Å². The van der Waals surface area contributed by atoms with Crippen molar-refractivity contribution in [1.82, 2.24) is 14.5 Å². The Morgan fingerprint density at radius 2 is 2.32 bits per heavy atom. The number of H-pyrrole nitrogens is 1. The minimum atomic E-state index is -3.53. The van der Waals surface area contributed by atoms with Gasteiger partial charge in [0.15, 0.2) is 5.03 Å². The molecule has 108 valence electrons. The van der Waals surface area contributed by atoms with Crippen LogP contribution in [0.3, 0.4) is 0 Å². The van der Waals surface area contributed by atoms with Gasteiger partial charge in [-0.1, -0.05) is 6.92 Å². The predicted molar refractivity (Wildman–Crippen MR) is 76.5 cm³/mol.